The quantitative estimate of drug-likeness (QED) is 0.503. The number of aldehydes is 1. The van der Waals surface area contributed by atoms with Gasteiger partial charge in [0.05, 0.1) is 22.5 Å². The van der Waals surface area contributed by atoms with Crippen LogP contribution in [0.2, 0.25) is 10.0 Å². The summed E-state index contributed by atoms with van der Waals surface area (Å²) in [5, 5.41) is 14.2. The van der Waals surface area contributed by atoms with E-state index in [1.807, 2.05) is 0 Å². The molecule has 0 saturated carbocycles. The van der Waals surface area contributed by atoms with Crippen molar-refractivity contribution in [2.75, 3.05) is 6.54 Å². The zero-order chi connectivity index (χ0) is 22.4. The SMILES string of the molecule is C[C@H](NC(=O)c1ccc(Cl)c(Cl)c1)C(=O)N1CCC[C@H]1C(=O)N[C@H](C=O)CC(=O)O. The Labute approximate surface area is 182 Å². The first kappa shape index (κ1) is 23.6. The van der Waals surface area contributed by atoms with Crippen LogP contribution in [0.25, 0.3) is 0 Å². The number of halogens is 2. The van der Waals surface area contributed by atoms with Gasteiger partial charge in [0.1, 0.15) is 18.4 Å². The molecule has 0 unspecified atom stereocenters. The predicted molar refractivity (Wildman–Crippen MR) is 108 cm³/mol. The van der Waals surface area contributed by atoms with Gasteiger partial charge in [0, 0.05) is 12.1 Å². The fraction of sp³-hybridized carbons (Fsp3) is 0.421. The third-order valence-corrected chi connectivity index (χ3v) is 5.36. The first-order chi connectivity index (χ1) is 14.1. The highest BCUT2D eigenvalue weighted by Gasteiger charge is 2.37. The van der Waals surface area contributed by atoms with Gasteiger partial charge in [0.2, 0.25) is 11.8 Å². The number of benzene rings is 1. The molecule has 1 saturated heterocycles. The lowest BCUT2D eigenvalue weighted by Crippen LogP contribution is -2.54. The minimum absolute atomic E-state index is 0.200. The fourth-order valence-corrected chi connectivity index (χ4v) is 3.43. The average Bonchev–Trinajstić information content (AvgIpc) is 3.18. The molecule has 0 radical (unpaired) electrons. The number of aliphatic carboxylic acids is 1. The topological polar surface area (TPSA) is 133 Å². The lowest BCUT2D eigenvalue weighted by atomic mass is 10.1. The van der Waals surface area contributed by atoms with Crippen molar-refractivity contribution in [1.29, 1.82) is 0 Å². The highest BCUT2D eigenvalue weighted by Crippen LogP contribution is 2.23. The van der Waals surface area contributed by atoms with E-state index in [-0.39, 0.29) is 10.6 Å². The van der Waals surface area contributed by atoms with Crippen molar-refractivity contribution < 1.29 is 29.1 Å². The van der Waals surface area contributed by atoms with Crippen LogP contribution in [0.4, 0.5) is 0 Å². The number of nitrogens with one attached hydrogen (secondary N) is 2. The third kappa shape index (κ3) is 5.93. The molecule has 3 amide bonds. The van der Waals surface area contributed by atoms with E-state index in [9.17, 15) is 24.0 Å². The highest BCUT2D eigenvalue weighted by atomic mass is 35.5. The van der Waals surface area contributed by atoms with Gasteiger partial charge < -0.3 is 25.4 Å². The number of carboxylic acid groups (broad SMARTS) is 1. The normalized spacial score (nSPS) is 17.7. The van der Waals surface area contributed by atoms with Crippen molar-refractivity contribution in [3.63, 3.8) is 0 Å². The van der Waals surface area contributed by atoms with Crippen LogP contribution in [-0.4, -0.2) is 64.7 Å². The molecule has 0 bridgehead atoms. The maximum Gasteiger partial charge on any atom is 0.305 e. The van der Waals surface area contributed by atoms with Crippen molar-refractivity contribution in [1.82, 2.24) is 15.5 Å². The second-order valence-corrected chi connectivity index (χ2v) is 7.68. The minimum Gasteiger partial charge on any atom is -0.481 e. The average molecular weight is 458 g/mol. The van der Waals surface area contributed by atoms with Gasteiger partial charge >= 0.3 is 5.97 Å². The number of likely N-dealkylation sites (tertiary alicyclic amines) is 1. The summed E-state index contributed by atoms with van der Waals surface area (Å²) in [5.41, 5.74) is 0.224. The van der Waals surface area contributed by atoms with Crippen LogP contribution in [-0.2, 0) is 19.2 Å². The lowest BCUT2D eigenvalue weighted by molar-refractivity contribution is -0.141. The van der Waals surface area contributed by atoms with Crippen LogP contribution in [0.1, 0.15) is 36.5 Å². The molecule has 1 aromatic carbocycles. The molecular formula is C19H21Cl2N3O6. The molecule has 162 valence electrons. The van der Waals surface area contributed by atoms with Crippen molar-refractivity contribution >= 4 is 53.2 Å². The Kier molecular flexibility index (Phi) is 8.19. The summed E-state index contributed by atoms with van der Waals surface area (Å²) < 4.78 is 0. The molecule has 9 nitrogen and oxygen atoms in total. The molecule has 1 aromatic rings. The summed E-state index contributed by atoms with van der Waals surface area (Å²) in [6.07, 6.45) is 0.713. The molecular weight excluding hydrogens is 437 g/mol. The van der Waals surface area contributed by atoms with Gasteiger partial charge in [-0.15, -0.1) is 0 Å². The van der Waals surface area contributed by atoms with Crippen molar-refractivity contribution in [2.24, 2.45) is 0 Å². The van der Waals surface area contributed by atoms with Gasteiger partial charge in [0.15, 0.2) is 0 Å². The van der Waals surface area contributed by atoms with E-state index in [2.05, 4.69) is 10.6 Å². The summed E-state index contributed by atoms with van der Waals surface area (Å²) in [7, 11) is 0. The maximum atomic E-state index is 12.8. The molecule has 0 aromatic heterocycles. The van der Waals surface area contributed by atoms with Crippen LogP contribution in [0.15, 0.2) is 18.2 Å². The van der Waals surface area contributed by atoms with Crippen LogP contribution in [0.3, 0.4) is 0 Å². The number of carbonyl (C=O) groups excluding carboxylic acids is 4. The summed E-state index contributed by atoms with van der Waals surface area (Å²) in [4.78, 5) is 60.7. The summed E-state index contributed by atoms with van der Waals surface area (Å²) in [6.45, 7) is 1.79. The third-order valence-electron chi connectivity index (χ3n) is 4.62. The number of carbonyl (C=O) groups is 5. The van der Waals surface area contributed by atoms with E-state index in [4.69, 9.17) is 28.3 Å². The molecule has 0 aliphatic carbocycles. The van der Waals surface area contributed by atoms with E-state index in [0.29, 0.717) is 30.7 Å². The molecule has 0 spiro atoms. The summed E-state index contributed by atoms with van der Waals surface area (Å²) >= 11 is 11.7. The summed E-state index contributed by atoms with van der Waals surface area (Å²) in [5.74, 6) is -2.84. The number of amides is 3. The number of hydrogen-bond donors (Lipinski definition) is 3. The zero-order valence-electron chi connectivity index (χ0n) is 16.1. The molecule has 2 rings (SSSR count). The Morgan fingerprint density at radius 1 is 1.23 bits per heavy atom. The molecule has 1 aliphatic heterocycles. The van der Waals surface area contributed by atoms with Gasteiger partial charge in [-0.1, -0.05) is 23.2 Å². The van der Waals surface area contributed by atoms with E-state index in [1.165, 1.54) is 30.0 Å². The van der Waals surface area contributed by atoms with E-state index < -0.39 is 48.2 Å². The molecule has 30 heavy (non-hydrogen) atoms. The van der Waals surface area contributed by atoms with E-state index in [1.54, 1.807) is 0 Å². The second-order valence-electron chi connectivity index (χ2n) is 6.86. The lowest BCUT2D eigenvalue weighted by Gasteiger charge is -2.27. The molecule has 1 aliphatic rings. The van der Waals surface area contributed by atoms with Crippen molar-refractivity contribution in [2.45, 2.75) is 44.3 Å². The number of nitrogens with zero attached hydrogens (tertiary/aromatic N) is 1. The molecule has 11 heteroatoms. The Balaban J connectivity index is 2.02. The van der Waals surface area contributed by atoms with E-state index in [0.717, 1.165) is 0 Å². The van der Waals surface area contributed by atoms with Crippen molar-refractivity contribution in [3.8, 4) is 0 Å². The molecule has 3 atom stereocenters. The Morgan fingerprint density at radius 3 is 2.53 bits per heavy atom. The van der Waals surface area contributed by atoms with Crippen LogP contribution in [0, 0.1) is 0 Å². The van der Waals surface area contributed by atoms with Gasteiger partial charge in [-0.05, 0) is 38.0 Å². The number of rotatable bonds is 8. The maximum absolute atomic E-state index is 12.8. The standard InChI is InChI=1S/C19H21Cl2N3O6/c1-10(22-17(28)11-4-5-13(20)14(21)7-11)19(30)24-6-2-3-15(24)18(29)23-12(9-25)8-16(26)27/h4-5,7,9-10,12,15H,2-3,6,8H2,1H3,(H,22,28)(H,23,29)(H,26,27)/t10-,12-,15-/m0/s1. The van der Waals surface area contributed by atoms with Gasteiger partial charge in [-0.3, -0.25) is 19.2 Å². The second kappa shape index (κ2) is 10.4. The largest absolute Gasteiger partial charge is 0.481 e. The monoisotopic (exact) mass is 457 g/mol. The molecule has 3 N–H and O–H groups in total. The van der Waals surface area contributed by atoms with Gasteiger partial charge in [-0.2, -0.15) is 0 Å². The Morgan fingerprint density at radius 2 is 1.93 bits per heavy atom. The Bertz CT molecular complexity index is 863. The van der Waals surface area contributed by atoms with Crippen LogP contribution < -0.4 is 10.6 Å². The van der Waals surface area contributed by atoms with Crippen LogP contribution in [0.5, 0.6) is 0 Å². The zero-order valence-corrected chi connectivity index (χ0v) is 17.6. The van der Waals surface area contributed by atoms with E-state index >= 15 is 0 Å². The fourth-order valence-electron chi connectivity index (χ4n) is 3.13. The highest BCUT2D eigenvalue weighted by molar-refractivity contribution is 6.42. The Hall–Kier alpha value is -2.65. The van der Waals surface area contributed by atoms with Gasteiger partial charge in [-0.25, -0.2) is 0 Å². The smallest absolute Gasteiger partial charge is 0.305 e. The molecule has 1 heterocycles. The van der Waals surface area contributed by atoms with Gasteiger partial charge in [0.25, 0.3) is 5.91 Å². The number of carboxylic acids is 1. The van der Waals surface area contributed by atoms with Crippen molar-refractivity contribution in [3.05, 3.63) is 33.8 Å². The first-order valence-electron chi connectivity index (χ1n) is 9.18. The predicted octanol–water partition coefficient (Wildman–Crippen LogP) is 1.26. The molecule has 1 fully saturated rings. The van der Waals surface area contributed by atoms with Crippen LogP contribution >= 0.6 is 23.2 Å². The summed E-state index contributed by atoms with van der Waals surface area (Å²) in [6, 6.07) is 1.35. The minimum atomic E-state index is -1.23. The first-order valence-corrected chi connectivity index (χ1v) is 9.93. The number of hydrogen-bond acceptors (Lipinski definition) is 5.